The fourth-order valence-corrected chi connectivity index (χ4v) is 3.75. The van der Waals surface area contributed by atoms with E-state index in [4.69, 9.17) is 0 Å². The molecule has 4 rings (SSSR count). The molecule has 5 nitrogen and oxygen atoms in total. The van der Waals surface area contributed by atoms with Crippen molar-refractivity contribution < 1.29 is 19.1 Å². The van der Waals surface area contributed by atoms with Gasteiger partial charge in [0.05, 0.1) is 12.6 Å². The lowest BCUT2D eigenvalue weighted by molar-refractivity contribution is -0.132. The highest BCUT2D eigenvalue weighted by molar-refractivity contribution is 6.08. The van der Waals surface area contributed by atoms with Crippen molar-refractivity contribution in [1.82, 2.24) is 10.2 Å². The van der Waals surface area contributed by atoms with Gasteiger partial charge in [0.25, 0.3) is 5.91 Å². The smallest absolute Gasteiger partial charge is 0.325 e. The van der Waals surface area contributed by atoms with E-state index in [1.807, 2.05) is 24.3 Å². The molecule has 0 saturated carbocycles. The molecule has 0 aromatic heterocycles. The zero-order valence-corrected chi connectivity index (χ0v) is 13.4. The molecule has 25 heavy (non-hydrogen) atoms. The summed E-state index contributed by atoms with van der Waals surface area (Å²) < 4.78 is 13.3. The second kappa shape index (κ2) is 5.67. The van der Waals surface area contributed by atoms with Gasteiger partial charge in [0.2, 0.25) is 0 Å². The maximum absolute atomic E-state index is 13.3. The van der Waals surface area contributed by atoms with Crippen LogP contribution >= 0.6 is 0 Å². The maximum atomic E-state index is 13.3. The van der Waals surface area contributed by atoms with E-state index in [1.54, 1.807) is 6.07 Å². The lowest BCUT2D eigenvalue weighted by Crippen LogP contribution is -2.42. The first-order valence-electron chi connectivity index (χ1n) is 8.17. The molecule has 1 fully saturated rings. The Kier molecular flexibility index (Phi) is 3.58. The highest BCUT2D eigenvalue weighted by atomic mass is 19.1. The number of urea groups is 1. The van der Waals surface area contributed by atoms with Gasteiger partial charge in [0.15, 0.2) is 0 Å². The van der Waals surface area contributed by atoms with Gasteiger partial charge in [0.1, 0.15) is 11.4 Å². The van der Waals surface area contributed by atoms with E-state index in [1.165, 1.54) is 18.2 Å². The van der Waals surface area contributed by atoms with Gasteiger partial charge in [-0.2, -0.15) is 0 Å². The van der Waals surface area contributed by atoms with Crippen LogP contribution < -0.4 is 5.32 Å². The van der Waals surface area contributed by atoms with Gasteiger partial charge in [0, 0.05) is 0 Å². The van der Waals surface area contributed by atoms with Crippen LogP contribution in [0.15, 0.2) is 48.5 Å². The van der Waals surface area contributed by atoms with Crippen molar-refractivity contribution in [2.45, 2.75) is 24.5 Å². The molecule has 0 unspecified atom stereocenters. The third-order valence-electron chi connectivity index (χ3n) is 5.01. The van der Waals surface area contributed by atoms with Crippen molar-refractivity contribution in [3.63, 3.8) is 0 Å². The van der Waals surface area contributed by atoms with Gasteiger partial charge in [-0.05, 0) is 41.7 Å². The Morgan fingerprint density at radius 2 is 2.00 bits per heavy atom. The van der Waals surface area contributed by atoms with Gasteiger partial charge < -0.3 is 10.4 Å². The Bertz CT molecular complexity index is 869. The zero-order valence-electron chi connectivity index (χ0n) is 13.4. The first-order valence-corrected chi connectivity index (χ1v) is 8.17. The Morgan fingerprint density at radius 1 is 1.20 bits per heavy atom. The van der Waals surface area contributed by atoms with Crippen LogP contribution in [0.3, 0.4) is 0 Å². The molecule has 128 valence electrons. The average Bonchev–Trinajstić information content (AvgIpc) is 3.09. The molecule has 6 heteroatoms. The second-order valence-electron chi connectivity index (χ2n) is 6.48. The van der Waals surface area contributed by atoms with Gasteiger partial charge in [-0.25, -0.2) is 9.18 Å². The lowest BCUT2D eigenvalue weighted by Gasteiger charge is -2.23. The molecule has 2 atom stereocenters. The molecule has 0 bridgehead atoms. The normalized spacial score (nSPS) is 23.0. The number of β-amino-alcohol motifs (C(OH)–C–C–N with tert-alkyl or cyclic N) is 1. The minimum atomic E-state index is -1.14. The van der Waals surface area contributed by atoms with E-state index in [0.717, 1.165) is 16.0 Å². The van der Waals surface area contributed by atoms with Crippen LogP contribution in [-0.4, -0.2) is 28.5 Å². The van der Waals surface area contributed by atoms with Crippen molar-refractivity contribution in [2.75, 3.05) is 6.54 Å². The van der Waals surface area contributed by atoms with Gasteiger partial charge in [-0.15, -0.1) is 0 Å². The molecule has 2 N–H and O–H groups in total. The molecule has 1 saturated heterocycles. The van der Waals surface area contributed by atoms with Crippen LogP contribution in [0.2, 0.25) is 0 Å². The predicted octanol–water partition coefficient (Wildman–Crippen LogP) is 2.25. The number of hydrogen-bond donors (Lipinski definition) is 2. The third kappa shape index (κ3) is 2.41. The molecule has 2 aromatic carbocycles. The van der Waals surface area contributed by atoms with E-state index in [-0.39, 0.29) is 12.5 Å². The fourth-order valence-electron chi connectivity index (χ4n) is 3.75. The summed E-state index contributed by atoms with van der Waals surface area (Å²) in [7, 11) is 0. The summed E-state index contributed by atoms with van der Waals surface area (Å²) in [5.74, 6) is -0.840. The van der Waals surface area contributed by atoms with Gasteiger partial charge >= 0.3 is 6.03 Å². The highest BCUT2D eigenvalue weighted by Crippen LogP contribution is 2.41. The largest absolute Gasteiger partial charge is 0.387 e. The molecule has 1 heterocycles. The standard InChI is InChI=1S/C19H17FN2O3/c20-14-6-3-5-13(10-14)16(23)11-22-17(24)19(21-18(22)25)9-8-12-4-1-2-7-15(12)19/h1-7,10,16,23H,8-9,11H2,(H,21,25)/t16-,19-/m1/s1. The Hall–Kier alpha value is -2.73. The summed E-state index contributed by atoms with van der Waals surface area (Å²) in [5, 5.41) is 13.1. The summed E-state index contributed by atoms with van der Waals surface area (Å²) in [5.41, 5.74) is 1.14. The quantitative estimate of drug-likeness (QED) is 0.842. The number of carbonyl (C=O) groups excluding carboxylic acids is 2. The number of aryl methyl sites for hydroxylation is 1. The number of aliphatic hydroxyl groups is 1. The molecular weight excluding hydrogens is 323 g/mol. The van der Waals surface area contributed by atoms with Crippen molar-refractivity contribution in [3.05, 3.63) is 71.0 Å². The zero-order chi connectivity index (χ0) is 17.6. The number of imide groups is 1. The van der Waals surface area contributed by atoms with Crippen molar-refractivity contribution in [3.8, 4) is 0 Å². The SMILES string of the molecule is O=C1N[C@@]2(CCc3ccccc32)C(=O)N1C[C@@H](O)c1cccc(F)c1. The fraction of sp³-hybridized carbons (Fsp3) is 0.263. The van der Waals surface area contributed by atoms with Crippen molar-refractivity contribution >= 4 is 11.9 Å². The first kappa shape index (κ1) is 15.8. The monoisotopic (exact) mass is 340 g/mol. The number of aliphatic hydroxyl groups excluding tert-OH is 1. The molecule has 1 aliphatic carbocycles. The number of benzene rings is 2. The summed E-state index contributed by atoms with van der Waals surface area (Å²) in [6, 6.07) is 12.5. The van der Waals surface area contributed by atoms with Crippen LogP contribution in [0, 0.1) is 5.82 Å². The molecular formula is C19H17FN2O3. The van der Waals surface area contributed by atoms with Crippen LogP contribution in [0.25, 0.3) is 0 Å². The number of rotatable bonds is 3. The van der Waals surface area contributed by atoms with Gasteiger partial charge in [-0.3, -0.25) is 9.69 Å². The third-order valence-corrected chi connectivity index (χ3v) is 5.01. The van der Waals surface area contributed by atoms with Crippen LogP contribution in [0.4, 0.5) is 9.18 Å². The van der Waals surface area contributed by atoms with E-state index in [0.29, 0.717) is 18.4 Å². The first-order chi connectivity index (χ1) is 12.0. The number of hydrogen-bond acceptors (Lipinski definition) is 3. The summed E-state index contributed by atoms with van der Waals surface area (Å²) in [6.07, 6.45) is 0.0728. The minimum Gasteiger partial charge on any atom is -0.387 e. The molecule has 1 spiro atoms. The van der Waals surface area contributed by atoms with Gasteiger partial charge in [-0.1, -0.05) is 36.4 Å². The molecule has 2 aliphatic rings. The van der Waals surface area contributed by atoms with E-state index in [2.05, 4.69) is 5.32 Å². The topological polar surface area (TPSA) is 69.6 Å². The number of carbonyl (C=O) groups is 2. The predicted molar refractivity (Wildman–Crippen MR) is 88.0 cm³/mol. The molecule has 1 aliphatic heterocycles. The van der Waals surface area contributed by atoms with E-state index >= 15 is 0 Å². The van der Waals surface area contributed by atoms with Crippen molar-refractivity contribution in [1.29, 1.82) is 0 Å². The molecule has 3 amide bonds. The number of nitrogens with one attached hydrogen (secondary N) is 1. The molecule has 0 radical (unpaired) electrons. The Balaban J connectivity index is 1.61. The minimum absolute atomic E-state index is 0.210. The maximum Gasteiger partial charge on any atom is 0.325 e. The van der Waals surface area contributed by atoms with E-state index < -0.39 is 23.5 Å². The number of nitrogens with zero attached hydrogens (tertiary/aromatic N) is 1. The van der Waals surface area contributed by atoms with Crippen LogP contribution in [0.1, 0.15) is 29.2 Å². The summed E-state index contributed by atoms with van der Waals surface area (Å²) >= 11 is 0. The summed E-state index contributed by atoms with van der Waals surface area (Å²) in [4.78, 5) is 26.4. The number of halogens is 1. The average molecular weight is 340 g/mol. The van der Waals surface area contributed by atoms with Crippen LogP contribution in [-0.2, 0) is 16.8 Å². The van der Waals surface area contributed by atoms with E-state index in [9.17, 15) is 19.1 Å². The molecule has 2 aromatic rings. The lowest BCUT2D eigenvalue weighted by atomic mass is 9.92. The highest BCUT2D eigenvalue weighted by Gasteiger charge is 2.55. The number of fused-ring (bicyclic) bond motifs is 2. The second-order valence-corrected chi connectivity index (χ2v) is 6.48. The van der Waals surface area contributed by atoms with Crippen LogP contribution in [0.5, 0.6) is 0 Å². The Morgan fingerprint density at radius 3 is 2.80 bits per heavy atom. The summed E-state index contributed by atoms with van der Waals surface area (Å²) in [6.45, 7) is -0.210. The number of amides is 3. The Labute approximate surface area is 144 Å². The van der Waals surface area contributed by atoms with Crippen molar-refractivity contribution in [2.24, 2.45) is 0 Å².